The molecule has 6 heteroatoms. The number of hydrogen-bond donors (Lipinski definition) is 3. The van der Waals surface area contributed by atoms with Gasteiger partial charge in [0.1, 0.15) is 5.44 Å². The van der Waals surface area contributed by atoms with Crippen LogP contribution in [0, 0.1) is 0 Å². The molecule has 0 aliphatic carbocycles. The monoisotopic (exact) mass is 358 g/mol. The molecule has 0 aromatic heterocycles. The molecular weight excluding hydrogens is 336 g/mol. The van der Waals surface area contributed by atoms with Crippen LogP contribution in [0.3, 0.4) is 0 Å². The largest absolute Gasteiger partial charge is 0.451 e. The molecule has 0 spiro atoms. The van der Waals surface area contributed by atoms with Crippen LogP contribution < -0.4 is 10.9 Å². The second-order valence-electron chi connectivity index (χ2n) is 6.12. The maximum absolute atomic E-state index is 12.4. The van der Waals surface area contributed by atoms with Crippen LogP contribution in [0.4, 0.5) is 4.79 Å². The Morgan fingerprint density at radius 1 is 1.04 bits per heavy atom. The van der Waals surface area contributed by atoms with E-state index in [2.05, 4.69) is 23.5 Å². The lowest BCUT2D eigenvalue weighted by atomic mass is 9.85. The van der Waals surface area contributed by atoms with Gasteiger partial charge in [-0.05, 0) is 25.0 Å². The Balaban J connectivity index is 0.000000493. The van der Waals surface area contributed by atoms with Crippen molar-refractivity contribution in [3.63, 3.8) is 0 Å². The van der Waals surface area contributed by atoms with E-state index in [0.717, 1.165) is 11.1 Å². The van der Waals surface area contributed by atoms with Crippen LogP contribution in [0.5, 0.6) is 0 Å². The third-order valence-electron chi connectivity index (χ3n) is 3.73. The number of rotatable bonds is 5. The highest BCUT2D eigenvalue weighted by Crippen LogP contribution is 2.26. The Morgan fingerprint density at radius 3 is 2.00 bits per heavy atom. The number of esters is 1. The maximum atomic E-state index is 12.4. The Morgan fingerprint density at radius 2 is 1.52 bits per heavy atom. The van der Waals surface area contributed by atoms with Gasteiger partial charge in [-0.25, -0.2) is 15.6 Å². The van der Waals surface area contributed by atoms with Crippen LogP contribution in [-0.2, 0) is 21.4 Å². The Hall–Kier alpha value is -2.47. The molecule has 5 nitrogen and oxygen atoms in total. The second-order valence-corrected chi connectivity index (χ2v) is 6.70. The number of nitrogens with one attached hydrogen (secondary N) is 2. The fourth-order valence-corrected chi connectivity index (χ4v) is 2.43. The SMILES string of the molecule is CC(C)(C(=O)OC(S)Cc1ccccc1)c1ccccc1.O=C1NN1. The number of urea groups is 1. The summed E-state index contributed by atoms with van der Waals surface area (Å²) in [5.41, 5.74) is 5.33. The molecule has 1 fully saturated rings. The van der Waals surface area contributed by atoms with E-state index in [-0.39, 0.29) is 12.0 Å². The van der Waals surface area contributed by atoms with E-state index in [1.807, 2.05) is 74.5 Å². The molecule has 2 N–H and O–H groups in total. The predicted molar refractivity (Wildman–Crippen MR) is 100 cm³/mol. The molecule has 1 aliphatic heterocycles. The summed E-state index contributed by atoms with van der Waals surface area (Å²) in [4.78, 5) is 21.7. The second kappa shape index (κ2) is 8.58. The van der Waals surface area contributed by atoms with E-state index in [1.54, 1.807) is 0 Å². The summed E-state index contributed by atoms with van der Waals surface area (Å²) in [6.07, 6.45) is 0.598. The molecule has 0 saturated carbocycles. The molecule has 0 radical (unpaired) electrons. The van der Waals surface area contributed by atoms with Gasteiger partial charge in [-0.2, -0.15) is 0 Å². The van der Waals surface area contributed by atoms with Crippen LogP contribution in [-0.4, -0.2) is 17.4 Å². The van der Waals surface area contributed by atoms with E-state index in [0.29, 0.717) is 6.42 Å². The first-order chi connectivity index (χ1) is 11.9. The maximum Gasteiger partial charge on any atom is 0.352 e. The molecule has 1 unspecified atom stereocenters. The third-order valence-corrected chi connectivity index (χ3v) is 4.02. The van der Waals surface area contributed by atoms with Crippen molar-refractivity contribution >= 4 is 24.6 Å². The minimum Gasteiger partial charge on any atom is -0.451 e. The zero-order valence-electron chi connectivity index (χ0n) is 14.2. The molecule has 2 aromatic carbocycles. The fourth-order valence-electron chi connectivity index (χ4n) is 2.13. The quantitative estimate of drug-likeness (QED) is 0.332. The fraction of sp³-hybridized carbons (Fsp3) is 0.263. The van der Waals surface area contributed by atoms with Gasteiger partial charge in [0.2, 0.25) is 0 Å². The van der Waals surface area contributed by atoms with Crippen molar-refractivity contribution in [3.05, 3.63) is 71.8 Å². The highest BCUT2D eigenvalue weighted by atomic mass is 32.1. The third kappa shape index (κ3) is 6.15. The molecular formula is C19H22N2O3S. The van der Waals surface area contributed by atoms with Crippen molar-refractivity contribution in [2.75, 3.05) is 0 Å². The molecule has 1 aliphatic rings. The number of amides is 2. The van der Waals surface area contributed by atoms with Gasteiger partial charge >= 0.3 is 12.0 Å². The smallest absolute Gasteiger partial charge is 0.352 e. The number of carbonyl (C=O) groups is 2. The molecule has 1 atom stereocenters. The van der Waals surface area contributed by atoms with E-state index in [9.17, 15) is 9.59 Å². The van der Waals surface area contributed by atoms with Crippen molar-refractivity contribution in [1.29, 1.82) is 0 Å². The zero-order chi connectivity index (χ0) is 18.3. The number of benzene rings is 2. The van der Waals surface area contributed by atoms with Gasteiger partial charge in [-0.15, -0.1) is 12.6 Å². The van der Waals surface area contributed by atoms with Crippen LogP contribution in [0.2, 0.25) is 0 Å². The van der Waals surface area contributed by atoms with Gasteiger partial charge in [-0.3, -0.25) is 4.79 Å². The molecule has 132 valence electrons. The van der Waals surface area contributed by atoms with E-state index < -0.39 is 10.9 Å². The lowest BCUT2D eigenvalue weighted by molar-refractivity contribution is -0.150. The summed E-state index contributed by atoms with van der Waals surface area (Å²) in [7, 11) is 0. The predicted octanol–water partition coefficient (Wildman–Crippen LogP) is 3.22. The van der Waals surface area contributed by atoms with E-state index in [1.165, 1.54) is 0 Å². The van der Waals surface area contributed by atoms with Crippen molar-refractivity contribution in [2.24, 2.45) is 0 Å². The first kappa shape index (κ1) is 18.9. The Labute approximate surface area is 153 Å². The molecule has 25 heavy (non-hydrogen) atoms. The first-order valence-electron chi connectivity index (χ1n) is 7.94. The molecule has 0 bridgehead atoms. The normalized spacial score (nSPS) is 13.5. The topological polar surface area (TPSA) is 87.2 Å². The minimum atomic E-state index is -0.682. The summed E-state index contributed by atoms with van der Waals surface area (Å²) in [5, 5.41) is 0. The van der Waals surface area contributed by atoms with Crippen molar-refractivity contribution in [3.8, 4) is 0 Å². The number of carbonyl (C=O) groups excluding carboxylic acids is 2. The average Bonchev–Trinajstić information content (AvgIpc) is 3.39. The van der Waals surface area contributed by atoms with Crippen molar-refractivity contribution in [2.45, 2.75) is 31.1 Å². The zero-order valence-corrected chi connectivity index (χ0v) is 15.1. The summed E-state index contributed by atoms with van der Waals surface area (Å²) in [5.74, 6) is -0.260. The van der Waals surface area contributed by atoms with Gasteiger partial charge in [-0.1, -0.05) is 60.7 Å². The standard InChI is InChI=1S/C18H20O2S.CH2N2O/c1-18(2,15-11-7-4-8-12-15)17(19)20-16(21)13-14-9-5-3-6-10-14;4-1-2-3-1/h3-12,16,21H,13H2,1-2H3;(H2,2,3,4). The van der Waals surface area contributed by atoms with Crippen LogP contribution in [0.1, 0.15) is 25.0 Å². The van der Waals surface area contributed by atoms with E-state index >= 15 is 0 Å². The summed E-state index contributed by atoms with van der Waals surface area (Å²) in [6, 6.07) is 19.5. The number of ether oxygens (including phenoxy) is 1. The van der Waals surface area contributed by atoms with Crippen molar-refractivity contribution < 1.29 is 14.3 Å². The molecule has 3 rings (SSSR count). The Bertz CT molecular complexity index is 699. The van der Waals surface area contributed by atoms with Gasteiger partial charge in [0, 0.05) is 6.42 Å². The van der Waals surface area contributed by atoms with Gasteiger partial charge < -0.3 is 4.74 Å². The molecule has 2 amide bonds. The summed E-state index contributed by atoms with van der Waals surface area (Å²) in [6.45, 7) is 3.74. The van der Waals surface area contributed by atoms with Gasteiger partial charge in [0.15, 0.2) is 0 Å². The highest BCUT2D eigenvalue weighted by Gasteiger charge is 2.32. The number of hydrazine groups is 1. The number of thiol groups is 1. The molecule has 2 aromatic rings. The highest BCUT2D eigenvalue weighted by molar-refractivity contribution is 7.80. The Kier molecular flexibility index (Phi) is 6.47. The minimum absolute atomic E-state index is 0.0833. The number of hydrogen-bond acceptors (Lipinski definition) is 4. The summed E-state index contributed by atoms with van der Waals surface area (Å²) >= 11 is 4.38. The molecule has 1 heterocycles. The van der Waals surface area contributed by atoms with Gasteiger partial charge in [0.25, 0.3) is 0 Å². The van der Waals surface area contributed by atoms with Crippen LogP contribution in [0.25, 0.3) is 0 Å². The molecule has 1 saturated heterocycles. The van der Waals surface area contributed by atoms with E-state index in [4.69, 9.17) is 4.74 Å². The lowest BCUT2D eigenvalue weighted by Gasteiger charge is -2.25. The van der Waals surface area contributed by atoms with Crippen LogP contribution in [0.15, 0.2) is 60.7 Å². The van der Waals surface area contributed by atoms with Crippen LogP contribution >= 0.6 is 12.6 Å². The summed E-state index contributed by atoms with van der Waals surface area (Å²) < 4.78 is 5.50. The average molecular weight is 358 g/mol. The van der Waals surface area contributed by atoms with Gasteiger partial charge in [0.05, 0.1) is 5.41 Å². The van der Waals surface area contributed by atoms with Crippen molar-refractivity contribution in [1.82, 2.24) is 10.9 Å². The lowest BCUT2D eigenvalue weighted by Crippen LogP contribution is -2.33. The first-order valence-corrected chi connectivity index (χ1v) is 8.46.